The van der Waals surface area contributed by atoms with Crippen molar-refractivity contribution >= 4 is 15.9 Å². The molecule has 1 aromatic heterocycles. The summed E-state index contributed by atoms with van der Waals surface area (Å²) in [5.74, 6) is 1.76. The van der Waals surface area contributed by atoms with E-state index in [4.69, 9.17) is 15.0 Å². The molecule has 0 radical (unpaired) electrons. The highest BCUT2D eigenvalue weighted by Gasteiger charge is 2.09. The first-order valence-corrected chi connectivity index (χ1v) is 5.89. The summed E-state index contributed by atoms with van der Waals surface area (Å²) in [5, 5.41) is 3.76. The summed E-state index contributed by atoms with van der Waals surface area (Å²) in [7, 11) is 0. The van der Waals surface area contributed by atoms with E-state index in [1.165, 1.54) is 0 Å². The molecule has 0 saturated heterocycles. The molecule has 0 aliphatic heterocycles. The summed E-state index contributed by atoms with van der Waals surface area (Å²) in [6.07, 6.45) is 0. The highest BCUT2D eigenvalue weighted by molar-refractivity contribution is 9.10. The Labute approximate surface area is 107 Å². The number of para-hydroxylation sites is 1. The Kier molecular flexibility index (Phi) is 3.75. The Balaban J connectivity index is 2.13. The number of aryl methyl sites for hydroxylation is 1. The summed E-state index contributed by atoms with van der Waals surface area (Å²) in [4.78, 5) is 4.06. The number of hydrogen-bond donors (Lipinski definition) is 1. The Hall–Kier alpha value is -1.40. The highest BCUT2D eigenvalue weighted by atomic mass is 79.9. The van der Waals surface area contributed by atoms with E-state index in [9.17, 15) is 0 Å². The first-order valence-electron chi connectivity index (χ1n) is 5.10. The molecule has 1 heterocycles. The first-order chi connectivity index (χ1) is 8.20. The molecule has 0 fully saturated rings. The Morgan fingerprint density at radius 1 is 1.47 bits per heavy atom. The van der Waals surface area contributed by atoms with Gasteiger partial charge in [-0.05, 0) is 22.0 Å². The van der Waals surface area contributed by atoms with Gasteiger partial charge in [-0.25, -0.2) is 0 Å². The second kappa shape index (κ2) is 5.29. The SMILES string of the molecule is Cc1nc(COc2c(Br)cccc2CN)no1. The van der Waals surface area contributed by atoms with Crippen molar-refractivity contribution in [3.63, 3.8) is 0 Å². The zero-order valence-electron chi connectivity index (χ0n) is 9.31. The van der Waals surface area contributed by atoms with Gasteiger partial charge in [-0.2, -0.15) is 4.98 Å². The van der Waals surface area contributed by atoms with Gasteiger partial charge in [0.2, 0.25) is 11.7 Å². The molecule has 90 valence electrons. The third-order valence-corrected chi connectivity index (χ3v) is 2.81. The molecule has 0 amide bonds. The fraction of sp³-hybridized carbons (Fsp3) is 0.273. The molecule has 0 spiro atoms. The van der Waals surface area contributed by atoms with Crippen LogP contribution in [0.5, 0.6) is 5.75 Å². The molecule has 0 saturated carbocycles. The highest BCUT2D eigenvalue weighted by Crippen LogP contribution is 2.29. The number of aromatic nitrogens is 2. The van der Waals surface area contributed by atoms with Crippen molar-refractivity contribution in [2.24, 2.45) is 5.73 Å². The van der Waals surface area contributed by atoms with Crippen molar-refractivity contribution in [1.29, 1.82) is 0 Å². The number of nitrogens with two attached hydrogens (primary N) is 1. The first kappa shape index (κ1) is 12.1. The zero-order chi connectivity index (χ0) is 12.3. The van der Waals surface area contributed by atoms with Crippen molar-refractivity contribution in [2.75, 3.05) is 0 Å². The summed E-state index contributed by atoms with van der Waals surface area (Å²) in [5.41, 5.74) is 6.57. The predicted molar refractivity (Wildman–Crippen MR) is 65.4 cm³/mol. The minimum Gasteiger partial charge on any atom is -0.484 e. The lowest BCUT2D eigenvalue weighted by Gasteiger charge is -2.10. The summed E-state index contributed by atoms with van der Waals surface area (Å²) in [6.45, 7) is 2.41. The van der Waals surface area contributed by atoms with Crippen LogP contribution in [-0.4, -0.2) is 10.1 Å². The van der Waals surface area contributed by atoms with Crippen LogP contribution in [0.15, 0.2) is 27.2 Å². The molecule has 0 unspecified atom stereocenters. The van der Waals surface area contributed by atoms with Crippen LogP contribution in [0, 0.1) is 6.92 Å². The fourth-order valence-electron chi connectivity index (χ4n) is 1.41. The van der Waals surface area contributed by atoms with E-state index in [-0.39, 0.29) is 6.61 Å². The van der Waals surface area contributed by atoms with Crippen LogP contribution in [0.4, 0.5) is 0 Å². The predicted octanol–water partition coefficient (Wildman–Crippen LogP) is 2.18. The molecule has 0 aliphatic carbocycles. The van der Waals surface area contributed by atoms with E-state index < -0.39 is 0 Å². The van der Waals surface area contributed by atoms with Gasteiger partial charge in [0.1, 0.15) is 5.75 Å². The summed E-state index contributed by atoms with van der Waals surface area (Å²) in [6, 6.07) is 5.73. The lowest BCUT2D eigenvalue weighted by atomic mass is 10.2. The Morgan fingerprint density at radius 2 is 2.29 bits per heavy atom. The van der Waals surface area contributed by atoms with E-state index in [0.29, 0.717) is 18.3 Å². The average molecular weight is 298 g/mol. The van der Waals surface area contributed by atoms with E-state index >= 15 is 0 Å². The molecule has 6 heteroatoms. The second-order valence-corrected chi connectivity index (χ2v) is 4.30. The van der Waals surface area contributed by atoms with Crippen LogP contribution in [0.1, 0.15) is 17.3 Å². The number of hydrogen-bond acceptors (Lipinski definition) is 5. The van der Waals surface area contributed by atoms with E-state index in [0.717, 1.165) is 15.8 Å². The van der Waals surface area contributed by atoms with Gasteiger partial charge in [-0.1, -0.05) is 17.3 Å². The van der Waals surface area contributed by atoms with Gasteiger partial charge in [-0.3, -0.25) is 0 Å². The van der Waals surface area contributed by atoms with Crippen molar-refractivity contribution in [3.05, 3.63) is 40.0 Å². The molecule has 2 rings (SSSR count). The van der Waals surface area contributed by atoms with E-state index in [1.54, 1.807) is 6.92 Å². The van der Waals surface area contributed by atoms with Crippen molar-refractivity contribution < 1.29 is 9.26 Å². The number of ether oxygens (including phenoxy) is 1. The molecule has 1 aromatic carbocycles. The Morgan fingerprint density at radius 3 is 2.94 bits per heavy atom. The van der Waals surface area contributed by atoms with Crippen molar-refractivity contribution in [1.82, 2.24) is 10.1 Å². The average Bonchev–Trinajstić information content (AvgIpc) is 2.73. The molecular formula is C11H12BrN3O2. The molecule has 0 bridgehead atoms. The molecule has 0 aliphatic rings. The van der Waals surface area contributed by atoms with Gasteiger partial charge in [0, 0.05) is 19.0 Å². The second-order valence-electron chi connectivity index (χ2n) is 3.45. The van der Waals surface area contributed by atoms with Crippen LogP contribution in [0.25, 0.3) is 0 Å². The molecule has 5 nitrogen and oxygen atoms in total. The maximum absolute atomic E-state index is 5.65. The topological polar surface area (TPSA) is 74.2 Å². The smallest absolute Gasteiger partial charge is 0.223 e. The molecule has 17 heavy (non-hydrogen) atoms. The molecule has 2 N–H and O–H groups in total. The minimum atomic E-state index is 0.257. The summed E-state index contributed by atoms with van der Waals surface area (Å²) >= 11 is 3.42. The third-order valence-electron chi connectivity index (χ3n) is 2.18. The van der Waals surface area contributed by atoms with Gasteiger partial charge in [0.15, 0.2) is 6.61 Å². The largest absolute Gasteiger partial charge is 0.484 e. The van der Waals surface area contributed by atoms with Crippen molar-refractivity contribution in [3.8, 4) is 5.75 Å². The quantitative estimate of drug-likeness (QED) is 0.936. The number of nitrogens with zero attached hydrogens (tertiary/aromatic N) is 2. The van der Waals surface area contributed by atoms with Crippen LogP contribution in [0.3, 0.4) is 0 Å². The molecule has 2 aromatic rings. The maximum Gasteiger partial charge on any atom is 0.223 e. The van der Waals surface area contributed by atoms with E-state index in [1.807, 2.05) is 18.2 Å². The van der Waals surface area contributed by atoms with Gasteiger partial charge in [0.25, 0.3) is 0 Å². The van der Waals surface area contributed by atoms with Gasteiger partial charge in [-0.15, -0.1) is 0 Å². The maximum atomic E-state index is 5.65. The standard InChI is InChI=1S/C11H12BrN3O2/c1-7-14-10(15-17-7)6-16-11-8(5-13)3-2-4-9(11)12/h2-4H,5-6,13H2,1H3. The van der Waals surface area contributed by atoms with Gasteiger partial charge >= 0.3 is 0 Å². The number of halogens is 1. The number of rotatable bonds is 4. The lowest BCUT2D eigenvalue weighted by molar-refractivity contribution is 0.281. The van der Waals surface area contributed by atoms with E-state index in [2.05, 4.69) is 26.1 Å². The van der Waals surface area contributed by atoms with Crippen molar-refractivity contribution in [2.45, 2.75) is 20.1 Å². The number of benzene rings is 1. The third kappa shape index (κ3) is 2.83. The molecule has 0 atom stereocenters. The lowest BCUT2D eigenvalue weighted by Crippen LogP contribution is -2.04. The monoisotopic (exact) mass is 297 g/mol. The van der Waals surface area contributed by atoms with Gasteiger partial charge < -0.3 is 15.0 Å². The Bertz CT molecular complexity index is 513. The van der Waals surface area contributed by atoms with Crippen LogP contribution < -0.4 is 10.5 Å². The normalized spacial score (nSPS) is 10.5. The van der Waals surface area contributed by atoms with Gasteiger partial charge in [0.05, 0.1) is 4.47 Å². The van der Waals surface area contributed by atoms with Crippen LogP contribution >= 0.6 is 15.9 Å². The van der Waals surface area contributed by atoms with Crippen LogP contribution in [-0.2, 0) is 13.2 Å². The summed E-state index contributed by atoms with van der Waals surface area (Å²) < 4.78 is 11.4. The minimum absolute atomic E-state index is 0.257. The van der Waals surface area contributed by atoms with Crippen LogP contribution in [0.2, 0.25) is 0 Å². The zero-order valence-corrected chi connectivity index (χ0v) is 10.9. The molecular weight excluding hydrogens is 286 g/mol. The fourth-order valence-corrected chi connectivity index (χ4v) is 1.93.